The molecule has 0 fully saturated rings. The van der Waals surface area contributed by atoms with Crippen molar-refractivity contribution >= 4 is 0 Å². The third-order valence-electron chi connectivity index (χ3n) is 1.23. The molecule has 0 rings (SSSR count). The van der Waals surface area contributed by atoms with E-state index in [1.807, 2.05) is 19.1 Å². The van der Waals surface area contributed by atoms with Crippen molar-refractivity contribution in [3.05, 3.63) is 24.3 Å². The van der Waals surface area contributed by atoms with Crippen LogP contribution < -0.4 is 0 Å². The van der Waals surface area contributed by atoms with Gasteiger partial charge in [0.05, 0.1) is 6.10 Å². The summed E-state index contributed by atoms with van der Waals surface area (Å²) in [5.74, 6) is 0. The highest BCUT2D eigenvalue weighted by Crippen LogP contribution is 1.91. The van der Waals surface area contributed by atoms with Gasteiger partial charge < -0.3 is 5.11 Å². The van der Waals surface area contributed by atoms with E-state index in [0.717, 1.165) is 12.8 Å². The van der Waals surface area contributed by atoms with Gasteiger partial charge in [-0.25, -0.2) is 0 Å². The molecule has 0 aliphatic rings. The lowest BCUT2D eigenvalue weighted by atomic mass is 10.2. The molecule has 1 nitrogen and oxygen atoms in total. The van der Waals surface area contributed by atoms with Crippen molar-refractivity contribution < 1.29 is 5.11 Å². The lowest BCUT2D eigenvalue weighted by molar-refractivity contribution is 0.219. The molecule has 0 saturated carbocycles. The maximum Gasteiger partial charge on any atom is 0.0721 e. The second kappa shape index (κ2) is 6.56. The number of allylic oxidation sites excluding steroid dienone is 3. The summed E-state index contributed by atoms with van der Waals surface area (Å²) in [5, 5.41) is 9.04. The first-order valence-corrected chi connectivity index (χ1v) is 3.82. The molecule has 0 radical (unpaired) electrons. The van der Waals surface area contributed by atoms with Gasteiger partial charge in [-0.15, -0.1) is 0 Å². The Balaban J connectivity index is 3.44. The largest absolute Gasteiger partial charge is 0.389 e. The molecule has 0 amide bonds. The molecule has 0 aliphatic heterocycles. The van der Waals surface area contributed by atoms with E-state index in [-0.39, 0.29) is 6.10 Å². The zero-order valence-electron chi connectivity index (χ0n) is 6.75. The summed E-state index contributed by atoms with van der Waals surface area (Å²) < 4.78 is 0. The SMILES string of the molecule is CC/C=C/C=C/C(O)CC. The quantitative estimate of drug-likeness (QED) is 0.594. The fourth-order valence-electron chi connectivity index (χ4n) is 0.543. The summed E-state index contributed by atoms with van der Waals surface area (Å²) in [6.07, 6.45) is 9.26. The van der Waals surface area contributed by atoms with Crippen LogP contribution in [0.15, 0.2) is 24.3 Å². The highest BCUT2D eigenvalue weighted by molar-refractivity contribution is 5.04. The third kappa shape index (κ3) is 5.57. The van der Waals surface area contributed by atoms with Crippen LogP contribution in [-0.2, 0) is 0 Å². The van der Waals surface area contributed by atoms with Gasteiger partial charge in [-0.2, -0.15) is 0 Å². The van der Waals surface area contributed by atoms with Crippen LogP contribution in [0.1, 0.15) is 26.7 Å². The molecule has 10 heavy (non-hydrogen) atoms. The molecule has 0 spiro atoms. The molecule has 0 aromatic carbocycles. The molecule has 0 aromatic heterocycles. The minimum atomic E-state index is -0.276. The predicted molar refractivity (Wildman–Crippen MR) is 44.9 cm³/mol. The summed E-state index contributed by atoms with van der Waals surface area (Å²) in [6, 6.07) is 0. The summed E-state index contributed by atoms with van der Waals surface area (Å²) >= 11 is 0. The summed E-state index contributed by atoms with van der Waals surface area (Å²) in [4.78, 5) is 0. The first-order chi connectivity index (χ1) is 4.81. The van der Waals surface area contributed by atoms with Gasteiger partial charge in [0.25, 0.3) is 0 Å². The van der Waals surface area contributed by atoms with Gasteiger partial charge in [-0.3, -0.25) is 0 Å². The van der Waals surface area contributed by atoms with Crippen LogP contribution in [0.4, 0.5) is 0 Å². The van der Waals surface area contributed by atoms with E-state index in [1.165, 1.54) is 0 Å². The maximum atomic E-state index is 9.04. The molecular formula is C9H16O. The molecule has 0 aliphatic carbocycles. The zero-order chi connectivity index (χ0) is 7.82. The van der Waals surface area contributed by atoms with Crippen molar-refractivity contribution in [2.24, 2.45) is 0 Å². The molecule has 0 saturated heterocycles. The zero-order valence-corrected chi connectivity index (χ0v) is 6.75. The van der Waals surface area contributed by atoms with Crippen LogP contribution >= 0.6 is 0 Å². The average molecular weight is 140 g/mol. The summed E-state index contributed by atoms with van der Waals surface area (Å²) in [6.45, 7) is 4.04. The predicted octanol–water partition coefficient (Wildman–Crippen LogP) is 2.28. The van der Waals surface area contributed by atoms with E-state index in [1.54, 1.807) is 6.08 Å². The topological polar surface area (TPSA) is 20.2 Å². The molecule has 1 atom stereocenters. The Labute approximate surface area is 63.1 Å². The molecule has 58 valence electrons. The minimum Gasteiger partial charge on any atom is -0.389 e. The molecule has 0 bridgehead atoms. The van der Waals surface area contributed by atoms with Crippen LogP contribution in [0.5, 0.6) is 0 Å². The number of aliphatic hydroxyl groups is 1. The summed E-state index contributed by atoms with van der Waals surface area (Å²) in [7, 11) is 0. The van der Waals surface area contributed by atoms with Crippen LogP contribution in [-0.4, -0.2) is 11.2 Å². The van der Waals surface area contributed by atoms with Gasteiger partial charge >= 0.3 is 0 Å². The Morgan fingerprint density at radius 1 is 1.30 bits per heavy atom. The summed E-state index contributed by atoms with van der Waals surface area (Å²) in [5.41, 5.74) is 0. The van der Waals surface area contributed by atoms with E-state index in [2.05, 4.69) is 13.0 Å². The monoisotopic (exact) mass is 140 g/mol. The minimum absolute atomic E-state index is 0.276. The van der Waals surface area contributed by atoms with E-state index < -0.39 is 0 Å². The average Bonchev–Trinajstić information content (AvgIpc) is 1.98. The van der Waals surface area contributed by atoms with Crippen molar-refractivity contribution in [1.82, 2.24) is 0 Å². The van der Waals surface area contributed by atoms with Crippen molar-refractivity contribution in [1.29, 1.82) is 0 Å². The van der Waals surface area contributed by atoms with Gasteiger partial charge in [-0.05, 0) is 12.8 Å². The molecule has 1 N–H and O–H groups in total. The molecule has 1 unspecified atom stereocenters. The third-order valence-corrected chi connectivity index (χ3v) is 1.23. The lowest BCUT2D eigenvalue weighted by Gasteiger charge is -1.95. The second-order valence-electron chi connectivity index (χ2n) is 2.20. The Morgan fingerprint density at radius 2 is 2.00 bits per heavy atom. The second-order valence-corrected chi connectivity index (χ2v) is 2.20. The molecular weight excluding hydrogens is 124 g/mol. The van der Waals surface area contributed by atoms with Crippen molar-refractivity contribution in [3.63, 3.8) is 0 Å². The smallest absolute Gasteiger partial charge is 0.0721 e. The van der Waals surface area contributed by atoms with Crippen LogP contribution in [0.25, 0.3) is 0 Å². The standard InChI is InChI=1S/C9H16O/c1-3-5-6-7-8-9(10)4-2/h5-10H,3-4H2,1-2H3/b6-5+,8-7+. The molecule has 0 heterocycles. The van der Waals surface area contributed by atoms with Gasteiger partial charge in [0, 0.05) is 0 Å². The normalized spacial score (nSPS) is 15.1. The highest BCUT2D eigenvalue weighted by atomic mass is 16.3. The number of hydrogen-bond acceptors (Lipinski definition) is 1. The maximum absolute atomic E-state index is 9.04. The van der Waals surface area contributed by atoms with E-state index in [9.17, 15) is 0 Å². The number of hydrogen-bond donors (Lipinski definition) is 1. The Kier molecular flexibility index (Phi) is 6.19. The van der Waals surface area contributed by atoms with Crippen molar-refractivity contribution in [2.75, 3.05) is 0 Å². The van der Waals surface area contributed by atoms with E-state index in [0.29, 0.717) is 0 Å². The molecule has 1 heteroatoms. The van der Waals surface area contributed by atoms with Gasteiger partial charge in [0.2, 0.25) is 0 Å². The van der Waals surface area contributed by atoms with Gasteiger partial charge in [0.1, 0.15) is 0 Å². The fraction of sp³-hybridized carbons (Fsp3) is 0.556. The van der Waals surface area contributed by atoms with Crippen molar-refractivity contribution in [2.45, 2.75) is 32.8 Å². The number of aliphatic hydroxyl groups excluding tert-OH is 1. The van der Waals surface area contributed by atoms with Gasteiger partial charge in [-0.1, -0.05) is 38.2 Å². The first kappa shape index (κ1) is 9.44. The van der Waals surface area contributed by atoms with E-state index >= 15 is 0 Å². The Morgan fingerprint density at radius 3 is 2.50 bits per heavy atom. The molecule has 0 aromatic rings. The highest BCUT2D eigenvalue weighted by Gasteiger charge is 1.88. The number of rotatable bonds is 4. The van der Waals surface area contributed by atoms with Crippen LogP contribution in [0, 0.1) is 0 Å². The van der Waals surface area contributed by atoms with Crippen molar-refractivity contribution in [3.8, 4) is 0 Å². The lowest BCUT2D eigenvalue weighted by Crippen LogP contribution is -1.97. The Hall–Kier alpha value is -0.560. The Bertz CT molecular complexity index is 114. The fourth-order valence-corrected chi connectivity index (χ4v) is 0.543. The van der Waals surface area contributed by atoms with Crippen LogP contribution in [0.2, 0.25) is 0 Å². The van der Waals surface area contributed by atoms with E-state index in [4.69, 9.17) is 5.11 Å². The first-order valence-electron chi connectivity index (χ1n) is 3.82. The van der Waals surface area contributed by atoms with Gasteiger partial charge in [0.15, 0.2) is 0 Å². The van der Waals surface area contributed by atoms with Crippen LogP contribution in [0.3, 0.4) is 0 Å².